The molecule has 4 nitrogen and oxygen atoms in total. The van der Waals surface area contributed by atoms with Crippen LogP contribution >= 0.6 is 0 Å². The summed E-state index contributed by atoms with van der Waals surface area (Å²) in [5.41, 5.74) is 0. The van der Waals surface area contributed by atoms with Gasteiger partial charge in [-0.05, 0) is 25.8 Å². The smallest absolute Gasteiger partial charge is 0.159 e. The number of fused-ring (bicyclic) bond motifs is 1. The monoisotopic (exact) mass is 270 g/mol. The van der Waals surface area contributed by atoms with Crippen molar-refractivity contribution in [3.63, 3.8) is 0 Å². The lowest BCUT2D eigenvalue weighted by molar-refractivity contribution is 0.414. The van der Waals surface area contributed by atoms with Crippen molar-refractivity contribution < 1.29 is 0 Å². The number of anilines is 1. The van der Waals surface area contributed by atoms with Crippen LogP contribution in [0.15, 0.2) is 30.5 Å². The molecule has 0 bridgehead atoms. The lowest BCUT2D eigenvalue weighted by Gasteiger charge is -2.33. The van der Waals surface area contributed by atoms with Crippen molar-refractivity contribution in [2.45, 2.75) is 32.2 Å². The first-order valence-corrected chi connectivity index (χ1v) is 7.57. The average molecular weight is 270 g/mol. The predicted octanol–water partition coefficient (Wildman–Crippen LogP) is 2.60. The van der Waals surface area contributed by atoms with Gasteiger partial charge in [-0.3, -0.25) is 0 Å². The van der Waals surface area contributed by atoms with E-state index in [0.29, 0.717) is 6.04 Å². The minimum atomic E-state index is 0.661. The Hall–Kier alpha value is -1.68. The van der Waals surface area contributed by atoms with Crippen LogP contribution in [0.3, 0.4) is 0 Å². The maximum absolute atomic E-state index is 4.37. The van der Waals surface area contributed by atoms with E-state index in [4.69, 9.17) is 0 Å². The fourth-order valence-electron chi connectivity index (χ4n) is 2.89. The highest BCUT2D eigenvalue weighted by Crippen LogP contribution is 2.25. The molecule has 20 heavy (non-hydrogen) atoms. The Bertz CT molecular complexity index is 556. The van der Waals surface area contributed by atoms with Crippen molar-refractivity contribution in [1.29, 1.82) is 0 Å². The third-order valence-electron chi connectivity index (χ3n) is 4.03. The Balaban J connectivity index is 1.74. The molecule has 2 heterocycles. The molecule has 1 aromatic carbocycles. The zero-order valence-electron chi connectivity index (χ0n) is 12.0. The second-order valence-electron chi connectivity index (χ2n) is 5.47. The Morgan fingerprint density at radius 3 is 2.85 bits per heavy atom. The molecule has 0 atom stereocenters. The fraction of sp³-hybridized carbons (Fsp3) is 0.500. The normalized spacial score (nSPS) is 16.8. The van der Waals surface area contributed by atoms with Gasteiger partial charge in [-0.25, -0.2) is 0 Å². The van der Waals surface area contributed by atoms with Gasteiger partial charge in [0.2, 0.25) is 0 Å². The van der Waals surface area contributed by atoms with Gasteiger partial charge >= 0.3 is 0 Å². The first-order valence-electron chi connectivity index (χ1n) is 7.57. The zero-order chi connectivity index (χ0) is 13.8. The van der Waals surface area contributed by atoms with Crippen LogP contribution in [0, 0.1) is 0 Å². The predicted molar refractivity (Wildman–Crippen MR) is 83.1 cm³/mol. The third kappa shape index (κ3) is 2.75. The number of nitrogens with zero attached hydrogens (tertiary/aromatic N) is 3. The molecule has 106 valence electrons. The van der Waals surface area contributed by atoms with Gasteiger partial charge in [-0.2, -0.15) is 5.10 Å². The van der Waals surface area contributed by atoms with Gasteiger partial charge < -0.3 is 10.2 Å². The number of aromatic nitrogens is 2. The maximum atomic E-state index is 4.37. The molecule has 1 fully saturated rings. The van der Waals surface area contributed by atoms with Crippen LogP contribution in [0.5, 0.6) is 0 Å². The van der Waals surface area contributed by atoms with E-state index < -0.39 is 0 Å². The van der Waals surface area contributed by atoms with E-state index in [1.54, 1.807) is 0 Å². The van der Waals surface area contributed by atoms with Crippen molar-refractivity contribution in [2.75, 3.05) is 24.5 Å². The van der Waals surface area contributed by atoms with Gasteiger partial charge in [-0.15, -0.1) is 5.10 Å². The molecule has 3 rings (SSSR count). The SMILES string of the molecule is CCCNC1CCN(c2nncc3ccccc23)CC1. The molecule has 0 unspecified atom stereocenters. The molecule has 1 saturated heterocycles. The Kier molecular flexibility index (Phi) is 4.11. The van der Waals surface area contributed by atoms with Crippen molar-refractivity contribution in [2.24, 2.45) is 0 Å². The largest absolute Gasteiger partial charge is 0.354 e. The van der Waals surface area contributed by atoms with Crippen LogP contribution < -0.4 is 10.2 Å². The van der Waals surface area contributed by atoms with Crippen LogP contribution in [0.4, 0.5) is 5.82 Å². The van der Waals surface area contributed by atoms with Gasteiger partial charge in [0.25, 0.3) is 0 Å². The molecule has 0 amide bonds. The third-order valence-corrected chi connectivity index (χ3v) is 4.03. The van der Waals surface area contributed by atoms with Gasteiger partial charge in [0.1, 0.15) is 0 Å². The summed E-state index contributed by atoms with van der Waals surface area (Å²) in [6.45, 7) is 5.46. The summed E-state index contributed by atoms with van der Waals surface area (Å²) in [7, 11) is 0. The van der Waals surface area contributed by atoms with E-state index in [0.717, 1.165) is 25.5 Å². The number of piperidine rings is 1. The first-order chi connectivity index (χ1) is 9.88. The second kappa shape index (κ2) is 6.18. The van der Waals surface area contributed by atoms with Crippen molar-refractivity contribution >= 4 is 16.6 Å². The highest BCUT2D eigenvalue weighted by molar-refractivity contribution is 5.91. The number of nitrogens with one attached hydrogen (secondary N) is 1. The summed E-state index contributed by atoms with van der Waals surface area (Å²) in [5.74, 6) is 1.04. The summed E-state index contributed by atoms with van der Waals surface area (Å²) in [5, 5.41) is 14.5. The van der Waals surface area contributed by atoms with Crippen LogP contribution in [0.1, 0.15) is 26.2 Å². The quantitative estimate of drug-likeness (QED) is 0.927. The summed E-state index contributed by atoms with van der Waals surface area (Å²) in [4.78, 5) is 2.37. The molecular weight excluding hydrogens is 248 g/mol. The van der Waals surface area contributed by atoms with E-state index in [-0.39, 0.29) is 0 Å². The van der Waals surface area contributed by atoms with Gasteiger partial charge in [0.05, 0.1) is 6.20 Å². The first kappa shape index (κ1) is 13.3. The van der Waals surface area contributed by atoms with E-state index in [9.17, 15) is 0 Å². The van der Waals surface area contributed by atoms with E-state index in [1.807, 2.05) is 6.20 Å². The van der Waals surface area contributed by atoms with Crippen LogP contribution in [-0.4, -0.2) is 35.9 Å². The molecule has 0 aliphatic carbocycles. The van der Waals surface area contributed by atoms with Crippen molar-refractivity contribution in [3.05, 3.63) is 30.5 Å². The molecule has 1 aliphatic rings. The van der Waals surface area contributed by atoms with Gasteiger partial charge in [-0.1, -0.05) is 31.2 Å². The summed E-state index contributed by atoms with van der Waals surface area (Å²) in [6, 6.07) is 9.02. The Labute approximate surface area is 120 Å². The highest BCUT2D eigenvalue weighted by Gasteiger charge is 2.21. The number of hydrogen-bond acceptors (Lipinski definition) is 4. The van der Waals surface area contributed by atoms with Crippen LogP contribution in [0.25, 0.3) is 10.8 Å². The summed E-state index contributed by atoms with van der Waals surface area (Å²) in [6.07, 6.45) is 5.42. The molecule has 0 saturated carbocycles. The molecule has 1 aliphatic heterocycles. The average Bonchev–Trinajstić information content (AvgIpc) is 2.53. The molecular formula is C16H22N4. The van der Waals surface area contributed by atoms with Crippen LogP contribution in [0.2, 0.25) is 0 Å². The molecule has 4 heteroatoms. The lowest BCUT2D eigenvalue weighted by atomic mass is 10.0. The van der Waals surface area contributed by atoms with Crippen molar-refractivity contribution in [1.82, 2.24) is 15.5 Å². The maximum Gasteiger partial charge on any atom is 0.159 e. The molecule has 2 aromatic rings. The molecule has 0 radical (unpaired) electrons. The number of hydrogen-bond donors (Lipinski definition) is 1. The minimum Gasteiger partial charge on any atom is -0.354 e. The second-order valence-corrected chi connectivity index (χ2v) is 5.47. The highest BCUT2D eigenvalue weighted by atomic mass is 15.3. The minimum absolute atomic E-state index is 0.661. The Morgan fingerprint density at radius 2 is 2.05 bits per heavy atom. The Morgan fingerprint density at radius 1 is 1.25 bits per heavy atom. The zero-order valence-corrected chi connectivity index (χ0v) is 12.0. The topological polar surface area (TPSA) is 41.0 Å². The molecule has 1 N–H and O–H groups in total. The molecule has 1 aromatic heterocycles. The lowest BCUT2D eigenvalue weighted by Crippen LogP contribution is -2.43. The van der Waals surface area contributed by atoms with Gasteiger partial charge in [0.15, 0.2) is 5.82 Å². The van der Waals surface area contributed by atoms with E-state index in [2.05, 4.69) is 51.6 Å². The number of rotatable bonds is 4. The molecule has 0 spiro atoms. The summed E-state index contributed by atoms with van der Waals surface area (Å²) >= 11 is 0. The summed E-state index contributed by atoms with van der Waals surface area (Å²) < 4.78 is 0. The van der Waals surface area contributed by atoms with Crippen molar-refractivity contribution in [3.8, 4) is 0 Å². The fourth-order valence-corrected chi connectivity index (χ4v) is 2.89. The van der Waals surface area contributed by atoms with E-state index >= 15 is 0 Å². The number of benzene rings is 1. The van der Waals surface area contributed by atoms with Crippen LogP contribution in [-0.2, 0) is 0 Å². The standard InChI is InChI=1S/C16H22N4/c1-2-9-17-14-7-10-20(11-8-14)16-15-6-4-3-5-13(15)12-18-19-16/h3-6,12,14,17H,2,7-11H2,1H3. The van der Waals surface area contributed by atoms with Gasteiger partial charge in [0, 0.05) is 29.9 Å². The van der Waals surface area contributed by atoms with E-state index in [1.165, 1.54) is 30.0 Å².